The Morgan fingerprint density at radius 2 is 1.68 bits per heavy atom. The van der Waals surface area contributed by atoms with E-state index >= 15 is 0 Å². The van der Waals surface area contributed by atoms with Gasteiger partial charge in [0.15, 0.2) is 0 Å². The summed E-state index contributed by atoms with van der Waals surface area (Å²) in [6.45, 7) is 1.76. The summed E-state index contributed by atoms with van der Waals surface area (Å²) in [5, 5.41) is 7.68. The van der Waals surface area contributed by atoms with E-state index in [9.17, 15) is 9.59 Å². The first-order valence-electron chi connectivity index (χ1n) is 10.4. The van der Waals surface area contributed by atoms with Crippen LogP contribution in [-0.4, -0.2) is 50.5 Å². The summed E-state index contributed by atoms with van der Waals surface area (Å²) in [7, 11) is 3.99. The topological polar surface area (TPSA) is 70.7 Å². The summed E-state index contributed by atoms with van der Waals surface area (Å²) in [6.07, 6.45) is 0.237. The molecule has 0 aliphatic carbocycles. The Morgan fingerprint density at radius 3 is 2.52 bits per heavy atom. The van der Waals surface area contributed by atoms with E-state index in [2.05, 4.69) is 15.5 Å². The van der Waals surface area contributed by atoms with Crippen molar-refractivity contribution in [3.05, 3.63) is 77.9 Å². The third kappa shape index (κ3) is 7.12. The van der Waals surface area contributed by atoms with Crippen molar-refractivity contribution < 1.29 is 14.3 Å². The number of fused-ring (bicyclic) bond motifs is 1. The van der Waals surface area contributed by atoms with Gasteiger partial charge in [-0.2, -0.15) is 0 Å². The molecule has 6 heteroatoms. The van der Waals surface area contributed by atoms with Crippen molar-refractivity contribution in [1.82, 2.24) is 15.5 Å². The average Bonchev–Trinajstić information content (AvgIpc) is 2.76. The van der Waals surface area contributed by atoms with E-state index in [-0.39, 0.29) is 24.8 Å². The fourth-order valence-electron chi connectivity index (χ4n) is 3.22. The fourth-order valence-corrected chi connectivity index (χ4v) is 3.22. The van der Waals surface area contributed by atoms with Gasteiger partial charge in [-0.25, -0.2) is 0 Å². The highest BCUT2D eigenvalue weighted by molar-refractivity contribution is 5.91. The molecule has 0 aliphatic rings. The first kappa shape index (κ1) is 22.3. The van der Waals surface area contributed by atoms with Crippen molar-refractivity contribution in [2.45, 2.75) is 13.0 Å². The van der Waals surface area contributed by atoms with Gasteiger partial charge in [0, 0.05) is 13.1 Å². The van der Waals surface area contributed by atoms with Gasteiger partial charge >= 0.3 is 0 Å². The first-order valence-corrected chi connectivity index (χ1v) is 10.4. The van der Waals surface area contributed by atoms with Crippen molar-refractivity contribution in [1.29, 1.82) is 0 Å². The lowest BCUT2D eigenvalue weighted by Gasteiger charge is -2.12. The summed E-state index contributed by atoms with van der Waals surface area (Å²) < 4.78 is 5.72. The minimum Gasteiger partial charge on any atom is -0.492 e. The summed E-state index contributed by atoms with van der Waals surface area (Å²) in [6, 6.07) is 21.5. The molecule has 0 saturated carbocycles. The number of carbonyl (C=O) groups is 2. The highest BCUT2D eigenvalue weighted by Gasteiger charge is 2.09. The van der Waals surface area contributed by atoms with Gasteiger partial charge in [0.25, 0.3) is 0 Å². The van der Waals surface area contributed by atoms with E-state index in [1.807, 2.05) is 80.8 Å². The van der Waals surface area contributed by atoms with E-state index in [0.717, 1.165) is 34.2 Å². The number of amides is 2. The number of hydrogen-bond acceptors (Lipinski definition) is 4. The standard InChI is InChI=1S/C25H29N3O3/c1-28(2)13-14-31-22-11-5-7-19(15-22)17-26-25(30)18-27-24(29)16-21-10-6-9-20-8-3-4-12-23(20)21/h3-12,15H,13-14,16-18H2,1-2H3,(H,26,30)(H,27,29). The highest BCUT2D eigenvalue weighted by atomic mass is 16.5. The van der Waals surface area contributed by atoms with Crippen LogP contribution in [0.5, 0.6) is 5.75 Å². The molecule has 0 saturated heterocycles. The number of carbonyl (C=O) groups excluding carboxylic acids is 2. The van der Waals surface area contributed by atoms with Gasteiger partial charge in [0.1, 0.15) is 12.4 Å². The van der Waals surface area contributed by atoms with E-state index in [4.69, 9.17) is 4.74 Å². The quantitative estimate of drug-likeness (QED) is 0.530. The molecule has 0 atom stereocenters. The molecule has 2 amide bonds. The first-order chi connectivity index (χ1) is 15.0. The third-order valence-corrected chi connectivity index (χ3v) is 4.87. The summed E-state index contributed by atoms with van der Waals surface area (Å²) in [5.41, 5.74) is 1.89. The minimum absolute atomic E-state index is 0.0530. The maximum Gasteiger partial charge on any atom is 0.239 e. The van der Waals surface area contributed by atoms with Crippen LogP contribution in [0.1, 0.15) is 11.1 Å². The van der Waals surface area contributed by atoms with Gasteiger partial charge in [-0.15, -0.1) is 0 Å². The number of benzene rings is 3. The van der Waals surface area contributed by atoms with Crippen LogP contribution in [0.3, 0.4) is 0 Å². The molecule has 3 aromatic rings. The van der Waals surface area contributed by atoms with E-state index < -0.39 is 0 Å². The van der Waals surface area contributed by atoms with Crippen molar-refractivity contribution >= 4 is 22.6 Å². The second-order valence-corrected chi connectivity index (χ2v) is 7.67. The molecule has 31 heavy (non-hydrogen) atoms. The number of likely N-dealkylation sites (N-methyl/N-ethyl adjacent to an activating group) is 1. The predicted molar refractivity (Wildman–Crippen MR) is 123 cm³/mol. The monoisotopic (exact) mass is 419 g/mol. The van der Waals surface area contributed by atoms with Crippen LogP contribution in [0.4, 0.5) is 0 Å². The van der Waals surface area contributed by atoms with Crippen molar-refractivity contribution in [3.63, 3.8) is 0 Å². The Bertz CT molecular complexity index is 1030. The van der Waals surface area contributed by atoms with Crippen LogP contribution in [0.2, 0.25) is 0 Å². The lowest BCUT2D eigenvalue weighted by molar-refractivity contribution is -0.125. The zero-order valence-corrected chi connectivity index (χ0v) is 18.1. The number of nitrogens with one attached hydrogen (secondary N) is 2. The molecule has 162 valence electrons. The molecule has 6 nitrogen and oxygen atoms in total. The molecule has 0 unspecified atom stereocenters. The number of nitrogens with zero attached hydrogens (tertiary/aromatic N) is 1. The van der Waals surface area contributed by atoms with Crippen molar-refractivity contribution in [2.75, 3.05) is 33.8 Å². The molecule has 3 aromatic carbocycles. The Balaban J connectivity index is 1.43. The van der Waals surface area contributed by atoms with E-state index in [0.29, 0.717) is 13.2 Å². The van der Waals surface area contributed by atoms with Crippen LogP contribution in [-0.2, 0) is 22.6 Å². The van der Waals surface area contributed by atoms with E-state index in [1.54, 1.807) is 0 Å². The molecule has 3 rings (SSSR count). The smallest absolute Gasteiger partial charge is 0.239 e. The molecule has 0 aliphatic heterocycles. The predicted octanol–water partition coefficient (Wildman–Crippen LogP) is 2.76. The number of ether oxygens (including phenoxy) is 1. The van der Waals surface area contributed by atoms with Gasteiger partial charge in [0.05, 0.1) is 13.0 Å². The normalized spacial score (nSPS) is 10.8. The average molecular weight is 420 g/mol. The molecule has 2 N–H and O–H groups in total. The summed E-state index contributed by atoms with van der Waals surface area (Å²) in [5.74, 6) is 0.366. The zero-order chi connectivity index (χ0) is 22.1. The molecular formula is C25H29N3O3. The fraction of sp³-hybridized carbons (Fsp3) is 0.280. The molecule has 0 radical (unpaired) electrons. The largest absolute Gasteiger partial charge is 0.492 e. The molecule has 0 fully saturated rings. The minimum atomic E-state index is -0.231. The van der Waals surface area contributed by atoms with Gasteiger partial charge in [0.2, 0.25) is 11.8 Å². The van der Waals surface area contributed by atoms with Crippen molar-refractivity contribution in [2.24, 2.45) is 0 Å². The van der Waals surface area contributed by atoms with Gasteiger partial charge in [-0.05, 0) is 48.1 Å². The third-order valence-electron chi connectivity index (χ3n) is 4.87. The molecule has 0 aromatic heterocycles. The lowest BCUT2D eigenvalue weighted by Crippen LogP contribution is -2.37. The second-order valence-electron chi connectivity index (χ2n) is 7.67. The summed E-state index contributed by atoms with van der Waals surface area (Å²) >= 11 is 0. The molecule has 0 heterocycles. The Hall–Kier alpha value is -3.38. The zero-order valence-electron chi connectivity index (χ0n) is 18.1. The van der Waals surface area contributed by atoms with Gasteiger partial charge in [-0.1, -0.05) is 54.6 Å². The molecular weight excluding hydrogens is 390 g/mol. The van der Waals surface area contributed by atoms with Crippen molar-refractivity contribution in [3.8, 4) is 5.75 Å². The highest BCUT2D eigenvalue weighted by Crippen LogP contribution is 2.18. The maximum absolute atomic E-state index is 12.3. The van der Waals surface area contributed by atoms with Crippen LogP contribution >= 0.6 is 0 Å². The van der Waals surface area contributed by atoms with E-state index in [1.165, 1.54) is 0 Å². The SMILES string of the molecule is CN(C)CCOc1cccc(CNC(=O)CNC(=O)Cc2cccc3ccccc23)c1. The van der Waals surface area contributed by atoms with Crippen LogP contribution in [0.25, 0.3) is 10.8 Å². The maximum atomic E-state index is 12.3. The molecule has 0 bridgehead atoms. The van der Waals surface area contributed by atoms with Crippen LogP contribution in [0, 0.1) is 0 Å². The Morgan fingerprint density at radius 1 is 0.903 bits per heavy atom. The van der Waals surface area contributed by atoms with Gasteiger partial charge in [-0.3, -0.25) is 9.59 Å². The lowest BCUT2D eigenvalue weighted by atomic mass is 10.0. The Labute approximate surface area is 183 Å². The van der Waals surface area contributed by atoms with Crippen LogP contribution in [0.15, 0.2) is 66.7 Å². The Kier molecular flexibility index (Phi) is 8.01. The number of hydrogen-bond donors (Lipinski definition) is 2. The summed E-state index contributed by atoms with van der Waals surface area (Å²) in [4.78, 5) is 26.5. The number of rotatable bonds is 10. The second kappa shape index (κ2) is 11.1. The van der Waals surface area contributed by atoms with Gasteiger partial charge < -0.3 is 20.3 Å². The molecule has 0 spiro atoms. The van der Waals surface area contributed by atoms with Crippen LogP contribution < -0.4 is 15.4 Å².